The van der Waals surface area contributed by atoms with Crippen LogP contribution in [0.15, 0.2) is 54.6 Å². The van der Waals surface area contributed by atoms with E-state index in [2.05, 4.69) is 17.4 Å². The van der Waals surface area contributed by atoms with Crippen molar-refractivity contribution in [3.63, 3.8) is 0 Å². The fourth-order valence-corrected chi connectivity index (χ4v) is 3.04. The van der Waals surface area contributed by atoms with E-state index >= 15 is 0 Å². The Balaban J connectivity index is 1.48. The molecule has 0 bridgehead atoms. The minimum absolute atomic E-state index is 0.113. The van der Waals surface area contributed by atoms with Crippen LogP contribution in [0.5, 0.6) is 5.75 Å². The average Bonchev–Trinajstić information content (AvgIpc) is 2.72. The summed E-state index contributed by atoms with van der Waals surface area (Å²) < 4.78 is 11.1. The van der Waals surface area contributed by atoms with Gasteiger partial charge in [0.2, 0.25) is 0 Å². The number of benzene rings is 2. The molecule has 2 amide bonds. The van der Waals surface area contributed by atoms with E-state index in [4.69, 9.17) is 9.47 Å². The number of hydrogen-bond acceptors (Lipinski definition) is 4. The summed E-state index contributed by atoms with van der Waals surface area (Å²) >= 11 is 0. The van der Waals surface area contributed by atoms with Gasteiger partial charge in [0.1, 0.15) is 5.75 Å². The van der Waals surface area contributed by atoms with E-state index in [0.29, 0.717) is 32.1 Å². The molecule has 1 fully saturated rings. The lowest BCUT2D eigenvalue weighted by molar-refractivity contribution is -0.00485. The third-order valence-corrected chi connectivity index (χ3v) is 4.51. The molecule has 1 atom stereocenters. The summed E-state index contributed by atoms with van der Waals surface area (Å²) in [6.45, 7) is 1.80. The van der Waals surface area contributed by atoms with Gasteiger partial charge in [-0.2, -0.15) is 0 Å². The third kappa shape index (κ3) is 5.70. The highest BCUT2D eigenvalue weighted by Gasteiger charge is 2.26. The molecule has 1 aliphatic heterocycles. The number of aryl methyl sites for hydroxylation is 1. The SMILES string of the molecule is O=C(Nc1cccc(OCCCc2ccccc2)c1)N1CCOCC1CO. The fourth-order valence-electron chi connectivity index (χ4n) is 3.04. The molecule has 6 heteroatoms. The van der Waals surface area contributed by atoms with Crippen LogP contribution in [-0.2, 0) is 11.2 Å². The quantitative estimate of drug-likeness (QED) is 0.735. The Morgan fingerprint density at radius 3 is 2.89 bits per heavy atom. The second kappa shape index (κ2) is 9.94. The van der Waals surface area contributed by atoms with Crippen LogP contribution in [0.2, 0.25) is 0 Å². The number of ether oxygens (including phenoxy) is 2. The van der Waals surface area contributed by atoms with E-state index < -0.39 is 0 Å². The van der Waals surface area contributed by atoms with Gasteiger partial charge in [-0.3, -0.25) is 0 Å². The first-order chi connectivity index (χ1) is 13.3. The van der Waals surface area contributed by atoms with Gasteiger partial charge in [0.25, 0.3) is 0 Å². The molecule has 2 aromatic carbocycles. The second-order valence-corrected chi connectivity index (χ2v) is 6.50. The van der Waals surface area contributed by atoms with Crippen molar-refractivity contribution in [2.45, 2.75) is 18.9 Å². The van der Waals surface area contributed by atoms with Crippen LogP contribution in [0, 0.1) is 0 Å². The number of amides is 2. The molecule has 1 heterocycles. The van der Waals surface area contributed by atoms with Crippen molar-refractivity contribution >= 4 is 11.7 Å². The van der Waals surface area contributed by atoms with Gasteiger partial charge in [0.15, 0.2) is 0 Å². The van der Waals surface area contributed by atoms with Gasteiger partial charge in [-0.15, -0.1) is 0 Å². The van der Waals surface area contributed by atoms with Crippen molar-refractivity contribution in [2.24, 2.45) is 0 Å². The first-order valence-corrected chi connectivity index (χ1v) is 9.29. The third-order valence-electron chi connectivity index (χ3n) is 4.51. The Bertz CT molecular complexity index is 723. The van der Waals surface area contributed by atoms with Crippen LogP contribution in [0.3, 0.4) is 0 Å². The Labute approximate surface area is 159 Å². The number of aliphatic hydroxyl groups excluding tert-OH is 1. The van der Waals surface area contributed by atoms with Crippen LogP contribution in [0.1, 0.15) is 12.0 Å². The van der Waals surface area contributed by atoms with Crippen LogP contribution in [0.25, 0.3) is 0 Å². The zero-order valence-corrected chi connectivity index (χ0v) is 15.3. The summed E-state index contributed by atoms with van der Waals surface area (Å²) in [6.07, 6.45) is 1.89. The number of anilines is 1. The molecule has 0 spiro atoms. The van der Waals surface area contributed by atoms with E-state index in [0.717, 1.165) is 18.6 Å². The lowest BCUT2D eigenvalue weighted by Gasteiger charge is -2.34. The van der Waals surface area contributed by atoms with E-state index in [1.807, 2.05) is 42.5 Å². The van der Waals surface area contributed by atoms with Crippen molar-refractivity contribution in [1.29, 1.82) is 0 Å². The number of nitrogens with zero attached hydrogens (tertiary/aromatic N) is 1. The first-order valence-electron chi connectivity index (χ1n) is 9.29. The van der Waals surface area contributed by atoms with Crippen LogP contribution >= 0.6 is 0 Å². The molecule has 1 aliphatic rings. The monoisotopic (exact) mass is 370 g/mol. The summed E-state index contributed by atoms with van der Waals surface area (Å²) in [5, 5.41) is 12.3. The largest absolute Gasteiger partial charge is 0.494 e. The van der Waals surface area contributed by atoms with Gasteiger partial charge < -0.3 is 24.8 Å². The van der Waals surface area contributed by atoms with Gasteiger partial charge in [0.05, 0.1) is 32.5 Å². The van der Waals surface area contributed by atoms with Gasteiger partial charge in [-0.1, -0.05) is 36.4 Å². The highest BCUT2D eigenvalue weighted by molar-refractivity contribution is 5.89. The Morgan fingerprint density at radius 2 is 2.07 bits per heavy atom. The van der Waals surface area contributed by atoms with Crippen LogP contribution in [-0.4, -0.2) is 55.1 Å². The van der Waals surface area contributed by atoms with Crippen molar-refractivity contribution in [3.8, 4) is 5.75 Å². The van der Waals surface area contributed by atoms with E-state index in [1.54, 1.807) is 4.90 Å². The van der Waals surface area contributed by atoms with E-state index in [1.165, 1.54) is 5.56 Å². The second-order valence-electron chi connectivity index (χ2n) is 6.50. The normalized spacial score (nSPS) is 16.8. The van der Waals surface area contributed by atoms with Gasteiger partial charge >= 0.3 is 6.03 Å². The molecule has 0 aliphatic carbocycles. The molecule has 0 radical (unpaired) electrons. The Hall–Kier alpha value is -2.57. The molecule has 6 nitrogen and oxygen atoms in total. The predicted octanol–water partition coefficient (Wildman–Crippen LogP) is 2.92. The lowest BCUT2D eigenvalue weighted by Crippen LogP contribution is -2.52. The number of nitrogens with one attached hydrogen (secondary N) is 1. The lowest BCUT2D eigenvalue weighted by atomic mass is 10.1. The highest BCUT2D eigenvalue weighted by Crippen LogP contribution is 2.19. The topological polar surface area (TPSA) is 71.0 Å². The molecular weight excluding hydrogens is 344 g/mol. The molecule has 1 saturated heterocycles. The molecule has 1 unspecified atom stereocenters. The summed E-state index contributed by atoms with van der Waals surface area (Å²) in [6, 6.07) is 17.1. The van der Waals surface area contributed by atoms with Gasteiger partial charge in [0, 0.05) is 18.3 Å². The molecule has 0 saturated carbocycles. The maximum absolute atomic E-state index is 12.5. The van der Waals surface area contributed by atoms with E-state index in [9.17, 15) is 9.90 Å². The molecule has 144 valence electrons. The van der Waals surface area contributed by atoms with E-state index in [-0.39, 0.29) is 18.7 Å². The van der Waals surface area contributed by atoms with Crippen molar-refractivity contribution in [3.05, 3.63) is 60.2 Å². The number of aliphatic hydroxyl groups is 1. The molecule has 0 aromatic heterocycles. The van der Waals surface area contributed by atoms with Crippen molar-refractivity contribution in [2.75, 3.05) is 38.3 Å². The molecule has 27 heavy (non-hydrogen) atoms. The standard InChI is InChI=1S/C21H26N2O4/c24-15-19-16-26-13-11-23(19)21(25)22-18-9-4-10-20(14-18)27-12-5-8-17-6-2-1-3-7-17/h1-4,6-7,9-10,14,19,24H,5,8,11-13,15-16H2,(H,22,25). The molecule has 2 N–H and O–H groups in total. The van der Waals surface area contributed by atoms with Crippen molar-refractivity contribution < 1.29 is 19.4 Å². The number of carbonyl (C=O) groups excluding carboxylic acids is 1. The number of urea groups is 1. The van der Waals surface area contributed by atoms with Gasteiger partial charge in [-0.25, -0.2) is 4.79 Å². The number of carbonyl (C=O) groups is 1. The highest BCUT2D eigenvalue weighted by atomic mass is 16.5. The fraction of sp³-hybridized carbons (Fsp3) is 0.381. The van der Waals surface area contributed by atoms with Crippen molar-refractivity contribution in [1.82, 2.24) is 4.90 Å². The number of hydrogen-bond donors (Lipinski definition) is 2. The van der Waals surface area contributed by atoms with Gasteiger partial charge in [-0.05, 0) is 30.5 Å². The predicted molar refractivity (Wildman–Crippen MR) is 104 cm³/mol. The Kier molecular flexibility index (Phi) is 7.07. The molecule has 3 rings (SSSR count). The number of rotatable bonds is 7. The summed E-state index contributed by atoms with van der Waals surface area (Å²) in [5.41, 5.74) is 1.97. The maximum Gasteiger partial charge on any atom is 0.322 e. The first kappa shape index (κ1) is 19.2. The minimum atomic E-state index is -0.309. The average molecular weight is 370 g/mol. The Morgan fingerprint density at radius 1 is 1.22 bits per heavy atom. The molecule has 2 aromatic rings. The zero-order chi connectivity index (χ0) is 18.9. The smallest absolute Gasteiger partial charge is 0.322 e. The maximum atomic E-state index is 12.5. The zero-order valence-electron chi connectivity index (χ0n) is 15.3. The minimum Gasteiger partial charge on any atom is -0.494 e. The summed E-state index contributed by atoms with van der Waals surface area (Å²) in [4.78, 5) is 14.1. The summed E-state index contributed by atoms with van der Waals surface area (Å²) in [5.74, 6) is 0.724. The molecular formula is C21H26N2O4. The summed E-state index contributed by atoms with van der Waals surface area (Å²) in [7, 11) is 0. The van der Waals surface area contributed by atoms with Crippen LogP contribution in [0.4, 0.5) is 10.5 Å². The number of morpholine rings is 1. The van der Waals surface area contributed by atoms with Crippen LogP contribution < -0.4 is 10.1 Å².